The number of aromatic nitrogens is 4. The van der Waals surface area contributed by atoms with E-state index in [1.165, 1.54) is 13.8 Å². The molecule has 1 saturated heterocycles. The molecule has 7 rings (SSSR count). The number of amides is 2. The van der Waals surface area contributed by atoms with Gasteiger partial charge in [-0.2, -0.15) is 4.31 Å². The molecule has 4 saturated carbocycles. The molecule has 5 fully saturated rings. The maximum absolute atomic E-state index is 13.1. The van der Waals surface area contributed by atoms with Gasteiger partial charge in [0.05, 0.1) is 37.9 Å². The second-order valence-corrected chi connectivity index (χ2v) is 28.9. The van der Waals surface area contributed by atoms with Crippen molar-refractivity contribution in [3.8, 4) is 0 Å². The summed E-state index contributed by atoms with van der Waals surface area (Å²) in [5.41, 5.74) is 3.98. The Balaban J connectivity index is 0.770. The van der Waals surface area contributed by atoms with E-state index in [1.807, 2.05) is 6.92 Å². The number of carbonyl (C=O) groups excluding carboxylic acids is 3. The number of anilines is 1. The largest absolute Gasteiger partial charge is 0.481 e. The average molecular weight is 1200 g/mol. The molecule has 79 heavy (non-hydrogen) atoms. The molecule has 13 N–H and O–H groups in total. The van der Waals surface area contributed by atoms with Crippen molar-refractivity contribution in [3.05, 3.63) is 12.7 Å². The Hall–Kier alpha value is -2.56. The van der Waals surface area contributed by atoms with Gasteiger partial charge in [0.15, 0.2) is 22.8 Å². The number of nitrogens with one attached hydrogen (secondary N) is 2. The molecule has 19 atom stereocenters. The van der Waals surface area contributed by atoms with Crippen molar-refractivity contribution in [3.63, 3.8) is 0 Å². The Labute approximate surface area is 462 Å². The van der Waals surface area contributed by atoms with E-state index in [4.69, 9.17) is 19.5 Å². The zero-order valence-electron chi connectivity index (χ0n) is 45.3. The zero-order valence-corrected chi connectivity index (χ0v) is 48.8. The molecule has 3 unspecified atom stereocenters. The van der Waals surface area contributed by atoms with E-state index in [0.717, 1.165) is 80.4 Å². The number of thioether (sulfide) groups is 1. The lowest BCUT2D eigenvalue weighted by atomic mass is 9.43. The first-order valence-corrected chi connectivity index (χ1v) is 32.4. The van der Waals surface area contributed by atoms with E-state index in [2.05, 4.69) is 55.2 Å². The molecule has 1 aliphatic heterocycles. The third-order valence-electron chi connectivity index (χ3n) is 18.0. The van der Waals surface area contributed by atoms with Crippen LogP contribution in [-0.4, -0.2) is 156 Å². The Morgan fingerprint density at radius 2 is 1.65 bits per heavy atom. The lowest BCUT2D eigenvalue weighted by Crippen LogP contribution is -2.62. The number of hydrogen-bond acceptors (Lipinski definition) is 21. The van der Waals surface area contributed by atoms with Crippen molar-refractivity contribution in [2.24, 2.45) is 57.7 Å². The fourth-order valence-corrected chi connectivity index (χ4v) is 17.3. The van der Waals surface area contributed by atoms with E-state index in [1.54, 1.807) is 0 Å². The van der Waals surface area contributed by atoms with Gasteiger partial charge in [0, 0.05) is 36.6 Å². The molecule has 5 aliphatic rings. The van der Waals surface area contributed by atoms with Crippen LogP contribution in [0.2, 0.25) is 0 Å². The van der Waals surface area contributed by atoms with Crippen LogP contribution in [0.1, 0.15) is 118 Å². The van der Waals surface area contributed by atoms with E-state index in [9.17, 15) is 73.2 Å². The van der Waals surface area contributed by atoms with Gasteiger partial charge in [0.25, 0.3) is 0 Å². The number of carbonyl (C=O) groups is 3. The Morgan fingerprint density at radius 1 is 0.937 bits per heavy atom. The lowest BCUT2D eigenvalue weighted by Gasteiger charge is -2.63. The molecule has 0 aromatic carbocycles. The first kappa shape index (κ1) is 64.0. The number of aliphatic hydroxyl groups is 5. The van der Waals surface area contributed by atoms with E-state index >= 15 is 0 Å². The standard InChI is InChI=1S/C48H80N7O20P3S/c1-25(29-10-11-30-36-31(20-34(58)48(29,30)6)47(5)14-12-28(56)18-27(47)19-32(36)57)8-7-9-26(2)45(63)79-17-16-50-35(59)13-15-51-43(62)40(61)46(3,4)22-72-78(69,70)75-77(67,68)71-21-33-39(74-76(64,65)66)38(60)44(73-33)55-24-54-37-41(49)52-23-53-42(37)55/h23-34,36,38-40,44,56-58,60-61H,7-22H2,1-6H3,(H,50,59)(H,51,62)(H,67,68)(H,69,70)(H2,49,52,53)(H2,64,65,66)/t25-,26-,27+,28-,29-,30+,31+,32-,33-,34+,36+,38-,39-,40?,44-,47+,48-/m1/s1. The van der Waals surface area contributed by atoms with Gasteiger partial charge in [0.1, 0.15) is 36.3 Å². The van der Waals surface area contributed by atoms with Crippen molar-refractivity contribution in [2.75, 3.05) is 37.8 Å². The fraction of sp³-hybridized carbons (Fsp3) is 0.833. The van der Waals surface area contributed by atoms with Gasteiger partial charge < -0.3 is 66.2 Å². The van der Waals surface area contributed by atoms with Crippen LogP contribution in [0.5, 0.6) is 0 Å². The summed E-state index contributed by atoms with van der Waals surface area (Å²) in [4.78, 5) is 89.9. The van der Waals surface area contributed by atoms with Gasteiger partial charge in [-0.1, -0.05) is 66.1 Å². The topological polar surface area (TPSA) is 424 Å². The van der Waals surface area contributed by atoms with Crippen LogP contribution in [-0.2, 0) is 50.7 Å². The molecule has 31 heteroatoms. The van der Waals surface area contributed by atoms with Crippen molar-refractivity contribution in [2.45, 2.75) is 161 Å². The zero-order chi connectivity index (χ0) is 58.2. The summed E-state index contributed by atoms with van der Waals surface area (Å²) in [7, 11) is -16.5. The van der Waals surface area contributed by atoms with Crippen LogP contribution >= 0.6 is 35.2 Å². The third-order valence-corrected chi connectivity index (χ3v) is 22.2. The van der Waals surface area contributed by atoms with E-state index in [-0.39, 0.29) is 88.1 Å². The van der Waals surface area contributed by atoms with Crippen molar-refractivity contribution < 1.29 is 95.8 Å². The molecule has 0 bridgehead atoms. The number of nitrogen functional groups attached to an aromatic ring is 1. The number of imidazole rings is 1. The normalized spacial score (nSPS) is 34.6. The third kappa shape index (κ3) is 14.7. The van der Waals surface area contributed by atoms with Gasteiger partial charge in [-0.3, -0.25) is 32.5 Å². The molecule has 0 spiro atoms. The van der Waals surface area contributed by atoms with Crippen molar-refractivity contribution in [1.29, 1.82) is 0 Å². The molecule has 4 aliphatic carbocycles. The number of fused-ring (bicyclic) bond motifs is 6. The van der Waals surface area contributed by atoms with Crippen molar-refractivity contribution in [1.82, 2.24) is 30.2 Å². The minimum Gasteiger partial charge on any atom is -0.393 e. The van der Waals surface area contributed by atoms with Crippen LogP contribution in [0.4, 0.5) is 5.82 Å². The summed E-state index contributed by atoms with van der Waals surface area (Å²) in [5.74, 6) is 0.168. The molecule has 2 aromatic heterocycles. The van der Waals surface area contributed by atoms with Crippen LogP contribution in [0.3, 0.4) is 0 Å². The predicted molar refractivity (Wildman–Crippen MR) is 283 cm³/mol. The minimum absolute atomic E-state index is 0.00814. The number of phosphoric acid groups is 3. The second-order valence-electron chi connectivity index (χ2n) is 23.6. The highest BCUT2D eigenvalue weighted by atomic mass is 32.2. The monoisotopic (exact) mass is 1200 g/mol. The number of phosphoric ester groups is 3. The second kappa shape index (κ2) is 25.3. The molecule has 27 nitrogen and oxygen atoms in total. The highest BCUT2D eigenvalue weighted by molar-refractivity contribution is 8.13. The summed E-state index contributed by atoms with van der Waals surface area (Å²) in [5, 5.41) is 60.8. The number of nitrogens with two attached hydrogens (primary N) is 1. The molecule has 2 aromatic rings. The molecular formula is C48H80N7O20P3S. The fourth-order valence-electron chi connectivity index (χ4n) is 13.6. The molecule has 448 valence electrons. The average Bonchev–Trinajstić information content (AvgIpc) is 3.87. The lowest BCUT2D eigenvalue weighted by molar-refractivity contribution is -0.207. The summed E-state index contributed by atoms with van der Waals surface area (Å²) < 4.78 is 62.8. The number of rotatable bonds is 25. The molecular weight excluding hydrogens is 1120 g/mol. The van der Waals surface area contributed by atoms with E-state index < -0.39 is 96.8 Å². The maximum Gasteiger partial charge on any atom is 0.481 e. The highest BCUT2D eigenvalue weighted by Gasteiger charge is 2.66. The minimum atomic E-state index is -5.60. The summed E-state index contributed by atoms with van der Waals surface area (Å²) in [6, 6.07) is 0. The van der Waals surface area contributed by atoms with Gasteiger partial charge in [-0.25, -0.2) is 28.6 Å². The quantitative estimate of drug-likeness (QED) is 0.0502. The van der Waals surface area contributed by atoms with Crippen LogP contribution in [0, 0.1) is 57.7 Å². The van der Waals surface area contributed by atoms with Gasteiger partial charge in [0.2, 0.25) is 11.8 Å². The number of hydrogen-bond donors (Lipinski definition) is 12. The smallest absolute Gasteiger partial charge is 0.393 e. The maximum atomic E-state index is 13.1. The predicted octanol–water partition coefficient (Wildman–Crippen LogP) is 3.07. The first-order chi connectivity index (χ1) is 36.8. The number of ether oxygens (including phenoxy) is 1. The van der Waals surface area contributed by atoms with Gasteiger partial charge >= 0.3 is 23.5 Å². The van der Waals surface area contributed by atoms with E-state index in [0.29, 0.717) is 30.4 Å². The van der Waals surface area contributed by atoms with Gasteiger partial charge in [-0.15, -0.1) is 0 Å². The molecule has 0 radical (unpaired) electrons. The number of nitrogens with zero attached hydrogens (tertiary/aromatic N) is 4. The van der Waals surface area contributed by atoms with Gasteiger partial charge in [-0.05, 0) is 97.7 Å². The first-order valence-electron chi connectivity index (χ1n) is 26.9. The summed E-state index contributed by atoms with van der Waals surface area (Å²) in [6.07, 6.45) is 0.0812. The Kier molecular flexibility index (Phi) is 20.5. The summed E-state index contributed by atoms with van der Waals surface area (Å²) in [6.45, 7) is 9.17. The highest BCUT2D eigenvalue weighted by Crippen LogP contribution is 2.69. The van der Waals surface area contributed by atoms with Crippen molar-refractivity contribution >= 4 is 69.1 Å². The Morgan fingerprint density at radius 3 is 2.35 bits per heavy atom. The molecule has 3 heterocycles. The SMILES string of the molecule is C[C@H](CCC[C@@H](C)[C@H]1CC[C@H]2[C@@H]3[C@H](O)C[C@@H]4C[C@H](O)CC[C@]4(C)[C@H]3C[C@H](O)[C@]12C)C(=O)SCCNC(=O)CCNC(=O)C(O)C(C)(C)COP(=O)(O)OP(=O)(O)OC[C@H]1O[C@@H](n2cnc3c(N)ncnc32)[C@H](O)[C@@H]1OP(=O)(O)O. The molecule has 2 amide bonds. The van der Waals surface area contributed by atoms with Crippen LogP contribution in [0.15, 0.2) is 12.7 Å². The number of aliphatic hydroxyl groups excluding tert-OH is 5. The van der Waals surface area contributed by atoms with Crippen LogP contribution < -0.4 is 16.4 Å². The van der Waals surface area contributed by atoms with Crippen LogP contribution in [0.25, 0.3) is 11.2 Å². The Bertz CT molecular complexity index is 2640. The summed E-state index contributed by atoms with van der Waals surface area (Å²) >= 11 is 1.12.